The highest BCUT2D eigenvalue weighted by molar-refractivity contribution is 7.80. The zero-order chi connectivity index (χ0) is 20.1. The minimum atomic E-state index is -5.42. The van der Waals surface area contributed by atoms with Crippen molar-refractivity contribution in [2.45, 2.75) is 13.8 Å². The van der Waals surface area contributed by atoms with Gasteiger partial charge in [0.2, 0.25) is 5.69 Å². The summed E-state index contributed by atoms with van der Waals surface area (Å²) in [5, 5.41) is 13.8. The van der Waals surface area contributed by atoms with Crippen molar-refractivity contribution >= 4 is 27.8 Å². The molecule has 2 aromatic rings. The third kappa shape index (κ3) is 6.18. The Morgan fingerprint density at radius 2 is 1.69 bits per heavy atom. The third-order valence-electron chi connectivity index (χ3n) is 3.53. The molecular formula is C15H16FN3O6S. The lowest BCUT2D eigenvalue weighted by Crippen LogP contribution is -2.37. The fraction of sp³-hybridized carbons (Fsp3) is 0.200. The minimum absolute atomic E-state index is 0.0218. The second kappa shape index (κ2) is 8.45. The van der Waals surface area contributed by atoms with Gasteiger partial charge in [-0.15, -0.1) is 3.89 Å². The highest BCUT2D eigenvalue weighted by atomic mass is 32.3. The maximum absolute atomic E-state index is 12.2. The van der Waals surface area contributed by atoms with Crippen LogP contribution < -0.4 is 9.88 Å². The molecule has 26 heavy (non-hydrogen) atoms. The predicted octanol–water partition coefficient (Wildman–Crippen LogP) is 1.70. The molecule has 0 unspecified atom stereocenters. The number of carbonyl (C=O) groups excluding carboxylic acids is 1. The quantitative estimate of drug-likeness (QED) is 0.281. The molecular weight excluding hydrogens is 369 g/mol. The van der Waals surface area contributed by atoms with Gasteiger partial charge in [0.05, 0.1) is 11.0 Å². The van der Waals surface area contributed by atoms with Crippen LogP contribution in [-0.4, -0.2) is 23.8 Å². The Hall–Kier alpha value is -2.92. The molecule has 1 amide bonds. The molecule has 1 N–H and O–H groups in total. The normalized spacial score (nSPS) is 10.5. The number of aromatic nitrogens is 1. The van der Waals surface area contributed by atoms with Crippen molar-refractivity contribution in [1.82, 2.24) is 0 Å². The minimum Gasteiger partial charge on any atom is -0.722 e. The third-order valence-corrected chi connectivity index (χ3v) is 3.53. The first-order chi connectivity index (χ1) is 11.9. The Kier molecular flexibility index (Phi) is 6.86. The Balaban J connectivity index is 0.000000597. The fourth-order valence-electron chi connectivity index (χ4n) is 2.05. The number of rotatable bonds is 3. The molecule has 1 aromatic heterocycles. The maximum atomic E-state index is 12.2. The summed E-state index contributed by atoms with van der Waals surface area (Å²) in [6.07, 6.45) is 0. The van der Waals surface area contributed by atoms with E-state index >= 15 is 0 Å². The lowest BCUT2D eigenvalue weighted by Gasteiger charge is -2.08. The number of nitrogens with one attached hydrogen (secondary N) is 1. The van der Waals surface area contributed by atoms with E-state index in [1.165, 1.54) is 6.07 Å². The molecule has 1 heterocycles. The number of anilines is 1. The zero-order valence-electron chi connectivity index (χ0n) is 14.1. The van der Waals surface area contributed by atoms with Gasteiger partial charge in [0.25, 0.3) is 22.1 Å². The molecule has 0 saturated carbocycles. The molecule has 0 saturated heterocycles. The van der Waals surface area contributed by atoms with Crippen LogP contribution in [0.5, 0.6) is 0 Å². The number of hydrogen-bond donors (Lipinski definition) is 1. The monoisotopic (exact) mass is 385 g/mol. The van der Waals surface area contributed by atoms with Crippen LogP contribution in [0, 0.1) is 24.0 Å². The Labute approximate surface area is 149 Å². The number of carbonyl (C=O) groups is 1. The van der Waals surface area contributed by atoms with E-state index in [0.29, 0.717) is 16.9 Å². The molecule has 0 atom stereocenters. The summed E-state index contributed by atoms with van der Waals surface area (Å²) >= 11 is 0. The number of halogens is 1. The topological polar surface area (TPSA) is 133 Å². The molecule has 2 rings (SSSR count). The van der Waals surface area contributed by atoms with Crippen molar-refractivity contribution in [3.05, 3.63) is 63.5 Å². The Morgan fingerprint density at radius 3 is 2.15 bits per heavy atom. The lowest BCUT2D eigenvalue weighted by atomic mass is 10.2. The van der Waals surface area contributed by atoms with E-state index in [4.69, 9.17) is 13.0 Å². The number of nitro groups is 1. The van der Waals surface area contributed by atoms with E-state index in [2.05, 4.69) is 5.32 Å². The summed E-state index contributed by atoms with van der Waals surface area (Å²) in [6, 6.07) is 10.1. The van der Waals surface area contributed by atoms with E-state index in [9.17, 15) is 18.8 Å². The highest BCUT2D eigenvalue weighted by Crippen LogP contribution is 2.22. The summed E-state index contributed by atoms with van der Waals surface area (Å²) in [5.74, 6) is -0.295. The number of pyridine rings is 1. The highest BCUT2D eigenvalue weighted by Gasteiger charge is 2.25. The van der Waals surface area contributed by atoms with Gasteiger partial charge in [-0.05, 0) is 12.1 Å². The van der Waals surface area contributed by atoms with Crippen LogP contribution in [0.4, 0.5) is 15.3 Å². The molecule has 0 bridgehead atoms. The van der Waals surface area contributed by atoms with Crippen LogP contribution in [-0.2, 0) is 17.6 Å². The fourth-order valence-corrected chi connectivity index (χ4v) is 2.05. The number of hydrogen-bond acceptors (Lipinski definition) is 6. The van der Waals surface area contributed by atoms with E-state index in [0.717, 1.165) is 5.69 Å². The van der Waals surface area contributed by atoms with E-state index < -0.39 is 15.4 Å². The molecule has 0 aliphatic heterocycles. The Morgan fingerprint density at radius 1 is 1.19 bits per heavy atom. The van der Waals surface area contributed by atoms with Crippen LogP contribution >= 0.6 is 0 Å². The van der Waals surface area contributed by atoms with Gasteiger partial charge in [0, 0.05) is 19.4 Å². The van der Waals surface area contributed by atoms with Gasteiger partial charge in [-0.3, -0.25) is 14.9 Å². The van der Waals surface area contributed by atoms with Crippen LogP contribution in [0.1, 0.15) is 21.7 Å². The van der Waals surface area contributed by atoms with Crippen LogP contribution in [0.2, 0.25) is 0 Å². The van der Waals surface area contributed by atoms with Gasteiger partial charge in [-0.1, -0.05) is 18.2 Å². The van der Waals surface area contributed by atoms with Gasteiger partial charge in [0.15, 0.2) is 0 Å². The van der Waals surface area contributed by atoms with Crippen molar-refractivity contribution in [3.63, 3.8) is 0 Å². The summed E-state index contributed by atoms with van der Waals surface area (Å²) < 4.78 is 37.0. The van der Waals surface area contributed by atoms with E-state index in [1.807, 2.05) is 6.07 Å². The molecule has 140 valence electrons. The smallest absolute Gasteiger partial charge is 0.337 e. The molecule has 0 fully saturated rings. The van der Waals surface area contributed by atoms with Gasteiger partial charge in [0.1, 0.15) is 12.7 Å². The van der Waals surface area contributed by atoms with Crippen molar-refractivity contribution in [2.24, 2.45) is 7.05 Å². The van der Waals surface area contributed by atoms with Crippen molar-refractivity contribution < 1.29 is 31.1 Å². The van der Waals surface area contributed by atoms with Crippen molar-refractivity contribution in [1.29, 1.82) is 0 Å². The first-order valence-corrected chi connectivity index (χ1v) is 8.39. The summed E-state index contributed by atoms with van der Waals surface area (Å²) in [4.78, 5) is 22.8. The molecule has 1 aromatic carbocycles. The number of benzene rings is 1. The molecule has 0 radical (unpaired) electrons. The molecule has 11 heteroatoms. The largest absolute Gasteiger partial charge is 0.722 e. The second-order valence-electron chi connectivity index (χ2n) is 5.14. The summed E-state index contributed by atoms with van der Waals surface area (Å²) in [5.41, 5.74) is 2.20. The standard InChI is InChI=1S/C15H15N3O3.FHO3S/c1-10-13(9-14(18(20)21)11(2)17(10)3)16-15(19)12-7-5-4-6-8-12;1-5(2,3)4/h4-9H,1-3H3;(H,2,3,4). The van der Waals surface area contributed by atoms with Crippen LogP contribution in [0.3, 0.4) is 0 Å². The first-order valence-electron chi connectivity index (χ1n) is 7.08. The van der Waals surface area contributed by atoms with Gasteiger partial charge >= 0.3 is 5.69 Å². The van der Waals surface area contributed by atoms with Crippen LogP contribution in [0.15, 0.2) is 36.4 Å². The van der Waals surface area contributed by atoms with Gasteiger partial charge < -0.3 is 9.87 Å². The van der Waals surface area contributed by atoms with Crippen molar-refractivity contribution in [3.8, 4) is 0 Å². The van der Waals surface area contributed by atoms with E-state index in [1.54, 1.807) is 49.7 Å². The van der Waals surface area contributed by atoms with Crippen LogP contribution in [0.25, 0.3) is 0 Å². The predicted molar refractivity (Wildman–Crippen MR) is 88.9 cm³/mol. The first kappa shape index (κ1) is 21.1. The summed E-state index contributed by atoms with van der Waals surface area (Å²) in [7, 11) is -3.68. The molecule has 0 aliphatic rings. The average molecular weight is 385 g/mol. The molecule has 9 nitrogen and oxygen atoms in total. The molecule has 0 aliphatic carbocycles. The number of amides is 1. The Bertz CT molecular complexity index is 924. The maximum Gasteiger partial charge on any atom is 0.337 e. The zero-order valence-corrected chi connectivity index (χ0v) is 14.9. The SMILES string of the molecule is Cc1c(NC(=O)c2ccccc2)cc([N+](=O)[O-])c(C)[n+]1C.O=S(=O)([O-])F. The van der Waals surface area contributed by atoms with E-state index in [-0.39, 0.29) is 11.6 Å². The van der Waals surface area contributed by atoms with Gasteiger partial charge in [-0.2, -0.15) is 4.57 Å². The summed E-state index contributed by atoms with van der Waals surface area (Å²) in [6.45, 7) is 3.48. The van der Waals surface area contributed by atoms with Crippen molar-refractivity contribution in [2.75, 3.05) is 5.32 Å². The second-order valence-corrected chi connectivity index (χ2v) is 5.93. The van der Waals surface area contributed by atoms with Gasteiger partial charge in [-0.25, -0.2) is 8.42 Å². The number of nitrogens with zero attached hydrogens (tertiary/aromatic N) is 2. The lowest BCUT2D eigenvalue weighted by molar-refractivity contribution is -0.685. The molecule has 0 spiro atoms. The average Bonchev–Trinajstić information content (AvgIpc) is 2.54.